The van der Waals surface area contributed by atoms with Crippen molar-refractivity contribution in [3.05, 3.63) is 33.8 Å². The highest BCUT2D eigenvalue weighted by Crippen LogP contribution is 2.33. The Hall–Kier alpha value is -0.590. The van der Waals surface area contributed by atoms with Crippen LogP contribution in [0.2, 0.25) is 0 Å². The molecule has 0 fully saturated rings. The standard InChI is InChI=1S/C11H13BrF3NO/c12-9-3-2-8(7-16-4-1-5-17)10(6-9)11(13,14)15/h2-3,6,16-17H,1,4-5,7H2. The Bertz CT molecular complexity index is 368. The van der Waals surface area contributed by atoms with Crippen molar-refractivity contribution in [1.82, 2.24) is 5.32 Å². The summed E-state index contributed by atoms with van der Waals surface area (Å²) in [5.41, 5.74) is -0.429. The number of rotatable bonds is 5. The monoisotopic (exact) mass is 311 g/mol. The van der Waals surface area contributed by atoms with Crippen molar-refractivity contribution < 1.29 is 18.3 Å². The van der Waals surface area contributed by atoms with Crippen LogP contribution in [0.15, 0.2) is 22.7 Å². The van der Waals surface area contributed by atoms with Crippen LogP contribution in [0.3, 0.4) is 0 Å². The van der Waals surface area contributed by atoms with E-state index in [4.69, 9.17) is 5.11 Å². The van der Waals surface area contributed by atoms with Gasteiger partial charge in [-0.3, -0.25) is 0 Å². The number of aliphatic hydroxyl groups excluding tert-OH is 1. The van der Waals surface area contributed by atoms with E-state index >= 15 is 0 Å². The Morgan fingerprint density at radius 2 is 2.00 bits per heavy atom. The van der Waals surface area contributed by atoms with Gasteiger partial charge in [0.25, 0.3) is 0 Å². The van der Waals surface area contributed by atoms with Gasteiger partial charge < -0.3 is 10.4 Å². The zero-order chi connectivity index (χ0) is 12.9. The second kappa shape index (κ2) is 6.37. The summed E-state index contributed by atoms with van der Waals surface area (Å²) < 4.78 is 38.6. The molecule has 0 aliphatic carbocycles. The molecule has 0 atom stereocenters. The number of alkyl halides is 3. The zero-order valence-electron chi connectivity index (χ0n) is 9.02. The van der Waals surface area contributed by atoms with Gasteiger partial charge in [0.05, 0.1) is 5.56 Å². The highest BCUT2D eigenvalue weighted by molar-refractivity contribution is 9.10. The molecule has 0 aromatic heterocycles. The molecule has 2 N–H and O–H groups in total. The topological polar surface area (TPSA) is 32.3 Å². The van der Waals surface area contributed by atoms with Crippen LogP contribution in [0.5, 0.6) is 0 Å². The van der Waals surface area contributed by atoms with Crippen LogP contribution in [0.25, 0.3) is 0 Å². The lowest BCUT2D eigenvalue weighted by molar-refractivity contribution is -0.138. The quantitative estimate of drug-likeness (QED) is 0.820. The fraction of sp³-hybridized carbons (Fsp3) is 0.455. The Labute approximate surface area is 106 Å². The molecule has 0 heterocycles. The number of aliphatic hydroxyl groups is 1. The summed E-state index contributed by atoms with van der Waals surface area (Å²) >= 11 is 3.03. The summed E-state index contributed by atoms with van der Waals surface area (Å²) in [4.78, 5) is 0. The van der Waals surface area contributed by atoms with E-state index in [0.29, 0.717) is 17.4 Å². The minimum atomic E-state index is -4.35. The van der Waals surface area contributed by atoms with E-state index in [-0.39, 0.29) is 18.7 Å². The number of halogens is 4. The summed E-state index contributed by atoms with van der Waals surface area (Å²) in [5.74, 6) is 0. The lowest BCUT2D eigenvalue weighted by atomic mass is 10.1. The van der Waals surface area contributed by atoms with E-state index in [1.54, 1.807) is 6.07 Å². The normalized spacial score (nSPS) is 11.8. The molecular formula is C11H13BrF3NO. The van der Waals surface area contributed by atoms with Gasteiger partial charge in [-0.05, 0) is 30.7 Å². The largest absolute Gasteiger partial charge is 0.416 e. The third kappa shape index (κ3) is 4.65. The van der Waals surface area contributed by atoms with Gasteiger partial charge in [0.15, 0.2) is 0 Å². The molecule has 96 valence electrons. The van der Waals surface area contributed by atoms with Gasteiger partial charge in [-0.2, -0.15) is 13.2 Å². The summed E-state index contributed by atoms with van der Waals surface area (Å²) in [5, 5.41) is 11.4. The van der Waals surface area contributed by atoms with E-state index in [1.165, 1.54) is 6.07 Å². The van der Waals surface area contributed by atoms with E-state index in [1.807, 2.05) is 0 Å². The molecule has 0 amide bonds. The molecule has 0 aliphatic rings. The maximum atomic E-state index is 12.7. The molecule has 0 unspecified atom stereocenters. The first kappa shape index (κ1) is 14.5. The Kier molecular flexibility index (Phi) is 5.42. The van der Waals surface area contributed by atoms with Crippen molar-refractivity contribution in [3.8, 4) is 0 Å². The summed E-state index contributed by atoms with van der Waals surface area (Å²) in [7, 11) is 0. The predicted octanol–water partition coefficient (Wildman–Crippen LogP) is 2.94. The molecule has 2 nitrogen and oxygen atoms in total. The third-order valence-corrected chi connectivity index (χ3v) is 2.70. The fourth-order valence-corrected chi connectivity index (χ4v) is 1.75. The lowest BCUT2D eigenvalue weighted by Crippen LogP contribution is -2.19. The van der Waals surface area contributed by atoms with Crippen molar-refractivity contribution >= 4 is 15.9 Å². The first-order valence-electron chi connectivity index (χ1n) is 5.12. The van der Waals surface area contributed by atoms with E-state index in [0.717, 1.165) is 6.07 Å². The van der Waals surface area contributed by atoms with Gasteiger partial charge in [-0.1, -0.05) is 22.0 Å². The first-order valence-corrected chi connectivity index (χ1v) is 5.91. The molecule has 0 spiro atoms. The Morgan fingerprint density at radius 3 is 2.59 bits per heavy atom. The summed E-state index contributed by atoms with van der Waals surface area (Å²) in [6.45, 7) is 0.658. The van der Waals surface area contributed by atoms with Crippen molar-refractivity contribution in [2.75, 3.05) is 13.2 Å². The summed E-state index contributed by atoms with van der Waals surface area (Å²) in [6.07, 6.45) is -3.82. The summed E-state index contributed by atoms with van der Waals surface area (Å²) in [6, 6.07) is 4.10. The molecule has 0 aliphatic heterocycles. The van der Waals surface area contributed by atoms with Gasteiger partial charge in [0.2, 0.25) is 0 Å². The molecular weight excluding hydrogens is 299 g/mol. The van der Waals surface area contributed by atoms with E-state index in [2.05, 4.69) is 21.2 Å². The third-order valence-electron chi connectivity index (χ3n) is 2.20. The number of hydrogen-bond acceptors (Lipinski definition) is 2. The minimum absolute atomic E-state index is 0.0272. The number of nitrogens with one attached hydrogen (secondary N) is 1. The minimum Gasteiger partial charge on any atom is -0.396 e. The van der Waals surface area contributed by atoms with Gasteiger partial charge in [-0.15, -0.1) is 0 Å². The molecule has 0 bridgehead atoms. The molecule has 0 saturated heterocycles. The Balaban J connectivity index is 2.77. The molecule has 1 aromatic rings. The maximum absolute atomic E-state index is 12.7. The van der Waals surface area contributed by atoms with E-state index < -0.39 is 11.7 Å². The molecule has 0 saturated carbocycles. The highest BCUT2D eigenvalue weighted by Gasteiger charge is 2.33. The second-order valence-electron chi connectivity index (χ2n) is 3.55. The van der Waals surface area contributed by atoms with Crippen LogP contribution >= 0.6 is 15.9 Å². The van der Waals surface area contributed by atoms with Gasteiger partial charge in [-0.25, -0.2) is 0 Å². The SMILES string of the molecule is OCCCNCc1ccc(Br)cc1C(F)(F)F. The molecule has 1 rings (SSSR count). The predicted molar refractivity (Wildman–Crippen MR) is 62.6 cm³/mol. The van der Waals surface area contributed by atoms with Gasteiger partial charge >= 0.3 is 6.18 Å². The number of benzene rings is 1. The van der Waals surface area contributed by atoms with Crippen LogP contribution < -0.4 is 5.32 Å². The van der Waals surface area contributed by atoms with Crippen LogP contribution in [-0.2, 0) is 12.7 Å². The van der Waals surface area contributed by atoms with Gasteiger partial charge in [0.1, 0.15) is 0 Å². The molecule has 17 heavy (non-hydrogen) atoms. The highest BCUT2D eigenvalue weighted by atomic mass is 79.9. The average Bonchev–Trinajstić information content (AvgIpc) is 2.25. The molecule has 6 heteroatoms. The van der Waals surface area contributed by atoms with Crippen LogP contribution in [-0.4, -0.2) is 18.3 Å². The fourth-order valence-electron chi connectivity index (χ4n) is 1.39. The smallest absolute Gasteiger partial charge is 0.396 e. The van der Waals surface area contributed by atoms with Crippen molar-refractivity contribution in [2.24, 2.45) is 0 Å². The zero-order valence-corrected chi connectivity index (χ0v) is 10.6. The van der Waals surface area contributed by atoms with Crippen LogP contribution in [0, 0.1) is 0 Å². The molecule has 0 radical (unpaired) electrons. The van der Waals surface area contributed by atoms with Crippen LogP contribution in [0.4, 0.5) is 13.2 Å². The number of hydrogen-bond donors (Lipinski definition) is 2. The van der Waals surface area contributed by atoms with Crippen molar-refractivity contribution in [2.45, 2.75) is 19.1 Å². The van der Waals surface area contributed by atoms with E-state index in [9.17, 15) is 13.2 Å². The first-order chi connectivity index (χ1) is 7.95. The maximum Gasteiger partial charge on any atom is 0.416 e. The average molecular weight is 312 g/mol. The lowest BCUT2D eigenvalue weighted by Gasteiger charge is -2.13. The Morgan fingerprint density at radius 1 is 1.29 bits per heavy atom. The van der Waals surface area contributed by atoms with Crippen molar-refractivity contribution in [3.63, 3.8) is 0 Å². The van der Waals surface area contributed by atoms with Crippen LogP contribution in [0.1, 0.15) is 17.5 Å². The van der Waals surface area contributed by atoms with Crippen molar-refractivity contribution in [1.29, 1.82) is 0 Å². The second-order valence-corrected chi connectivity index (χ2v) is 4.47. The van der Waals surface area contributed by atoms with Gasteiger partial charge in [0, 0.05) is 17.6 Å². The molecule has 1 aromatic carbocycles.